The number of carbonyl (C=O) groups excluding carboxylic acids is 1. The molecule has 36 heavy (non-hydrogen) atoms. The van der Waals surface area contributed by atoms with Gasteiger partial charge in [0, 0.05) is 18.7 Å². The van der Waals surface area contributed by atoms with Crippen molar-refractivity contribution < 1.29 is 35.3 Å². The number of hydrogen-bond acceptors (Lipinski definition) is 5. The molecule has 6 nitrogen and oxygen atoms in total. The van der Waals surface area contributed by atoms with E-state index in [-0.39, 0.29) is 24.1 Å². The van der Waals surface area contributed by atoms with Crippen molar-refractivity contribution >= 4 is 16.0 Å². The van der Waals surface area contributed by atoms with E-state index in [0.717, 1.165) is 18.2 Å². The second kappa shape index (κ2) is 11.0. The topological polar surface area (TPSA) is 72.9 Å². The Bertz CT molecular complexity index is 1310. The zero-order chi connectivity index (χ0) is 26.5. The molecule has 0 unspecified atom stereocenters. The van der Waals surface area contributed by atoms with Crippen molar-refractivity contribution in [1.82, 2.24) is 4.90 Å². The lowest BCUT2D eigenvalue weighted by Gasteiger charge is -2.25. The van der Waals surface area contributed by atoms with Gasteiger partial charge < -0.3 is 13.8 Å². The smallest absolute Gasteiger partial charge is 0.416 e. The fourth-order valence-corrected chi connectivity index (χ4v) is 4.46. The van der Waals surface area contributed by atoms with Crippen LogP contribution in [0.3, 0.4) is 0 Å². The maximum absolute atomic E-state index is 13.2. The number of rotatable bonds is 9. The van der Waals surface area contributed by atoms with Crippen LogP contribution in [0.5, 0.6) is 11.5 Å². The first-order chi connectivity index (χ1) is 16.9. The summed E-state index contributed by atoms with van der Waals surface area (Å²) in [6.45, 7) is 4.55. The Labute approximate surface area is 208 Å². The molecule has 0 saturated heterocycles. The summed E-state index contributed by atoms with van der Waals surface area (Å²) in [7, 11) is -2.99. The number of carbonyl (C=O) groups is 1. The lowest BCUT2D eigenvalue weighted by atomic mass is 10.1. The van der Waals surface area contributed by atoms with Gasteiger partial charge in [-0.3, -0.25) is 4.79 Å². The number of ether oxygens (including phenoxy) is 1. The van der Waals surface area contributed by atoms with Crippen LogP contribution >= 0.6 is 0 Å². The van der Waals surface area contributed by atoms with E-state index in [9.17, 15) is 26.4 Å². The van der Waals surface area contributed by atoms with Crippen molar-refractivity contribution in [2.75, 3.05) is 13.7 Å². The van der Waals surface area contributed by atoms with Gasteiger partial charge in [0.1, 0.15) is 16.4 Å². The summed E-state index contributed by atoms with van der Waals surface area (Å²) in [5, 5.41) is 0. The summed E-state index contributed by atoms with van der Waals surface area (Å²) >= 11 is 0. The van der Waals surface area contributed by atoms with Crippen molar-refractivity contribution in [3.63, 3.8) is 0 Å². The molecule has 3 aromatic carbocycles. The normalized spacial score (nSPS) is 11.9. The Morgan fingerprint density at radius 2 is 1.61 bits per heavy atom. The molecule has 10 heteroatoms. The Balaban J connectivity index is 1.82. The second-order valence-corrected chi connectivity index (χ2v) is 10.1. The number of nitrogens with zero attached hydrogens (tertiary/aromatic N) is 1. The number of hydrogen-bond donors (Lipinski definition) is 0. The fourth-order valence-electron chi connectivity index (χ4n) is 3.50. The van der Waals surface area contributed by atoms with Gasteiger partial charge in [-0.15, -0.1) is 0 Å². The summed E-state index contributed by atoms with van der Waals surface area (Å²) in [5.41, 5.74) is -0.0347. The number of alkyl halides is 3. The average molecular weight is 522 g/mol. The first-order valence-corrected chi connectivity index (χ1v) is 12.4. The number of halogens is 3. The minimum atomic E-state index is -4.69. The highest BCUT2D eigenvalue weighted by molar-refractivity contribution is 7.87. The van der Waals surface area contributed by atoms with Crippen LogP contribution in [0, 0.1) is 5.92 Å². The number of benzene rings is 3. The predicted octanol–water partition coefficient (Wildman–Crippen LogP) is 5.78. The highest BCUT2D eigenvalue weighted by atomic mass is 32.2. The van der Waals surface area contributed by atoms with Crippen molar-refractivity contribution in [2.45, 2.75) is 31.5 Å². The van der Waals surface area contributed by atoms with E-state index in [1.807, 2.05) is 13.8 Å². The Hall–Kier alpha value is -3.53. The van der Waals surface area contributed by atoms with Gasteiger partial charge >= 0.3 is 16.3 Å². The summed E-state index contributed by atoms with van der Waals surface area (Å²) in [4.78, 5) is 14.2. The highest BCUT2D eigenvalue weighted by Gasteiger charge is 2.32. The molecule has 0 fully saturated rings. The molecule has 0 aliphatic carbocycles. The van der Waals surface area contributed by atoms with Crippen LogP contribution in [0.1, 0.15) is 35.3 Å². The van der Waals surface area contributed by atoms with E-state index in [2.05, 4.69) is 0 Å². The molecule has 0 aliphatic heterocycles. The van der Waals surface area contributed by atoms with Crippen LogP contribution in [0.15, 0.2) is 77.7 Å². The van der Waals surface area contributed by atoms with Crippen molar-refractivity contribution in [1.29, 1.82) is 0 Å². The van der Waals surface area contributed by atoms with Crippen LogP contribution in [-0.2, 0) is 22.8 Å². The van der Waals surface area contributed by atoms with Crippen LogP contribution in [0.25, 0.3) is 0 Å². The van der Waals surface area contributed by atoms with E-state index in [1.54, 1.807) is 41.3 Å². The van der Waals surface area contributed by atoms with E-state index < -0.39 is 26.8 Å². The molecule has 0 saturated carbocycles. The highest BCUT2D eigenvalue weighted by Crippen LogP contribution is 2.31. The third-order valence-electron chi connectivity index (χ3n) is 5.14. The standard InChI is InChI=1S/C26H26F3NO5S/c1-18(2)16-30(25(31)20-10-12-22(34-3)13-11-20)17-19-6-4-8-23(14-19)35-36(32,33)24-9-5-7-21(15-24)26(27,28)29/h4-15,18H,16-17H2,1-3H3. The molecule has 3 aromatic rings. The predicted molar refractivity (Wildman–Crippen MR) is 128 cm³/mol. The number of amides is 1. The van der Waals surface area contributed by atoms with Gasteiger partial charge in [0.2, 0.25) is 0 Å². The first kappa shape index (κ1) is 27.1. The third-order valence-corrected chi connectivity index (χ3v) is 6.38. The zero-order valence-corrected chi connectivity index (χ0v) is 20.8. The molecule has 0 aromatic heterocycles. The second-order valence-electron chi connectivity index (χ2n) is 8.52. The van der Waals surface area contributed by atoms with Gasteiger partial charge in [-0.25, -0.2) is 0 Å². The summed E-state index contributed by atoms with van der Waals surface area (Å²) in [6.07, 6.45) is -4.69. The summed E-state index contributed by atoms with van der Waals surface area (Å²) in [6, 6.07) is 16.1. The van der Waals surface area contributed by atoms with Crippen molar-refractivity contribution in [2.24, 2.45) is 5.92 Å². The molecule has 0 atom stereocenters. The van der Waals surface area contributed by atoms with Gasteiger partial charge in [-0.1, -0.05) is 32.0 Å². The van der Waals surface area contributed by atoms with Crippen LogP contribution in [-0.4, -0.2) is 32.9 Å². The third kappa shape index (κ3) is 7.00. The minimum absolute atomic E-state index is 0.0775. The lowest BCUT2D eigenvalue weighted by Crippen LogP contribution is -2.33. The molecule has 0 spiro atoms. The van der Waals surface area contributed by atoms with Crippen LogP contribution in [0.2, 0.25) is 0 Å². The molecule has 1 amide bonds. The largest absolute Gasteiger partial charge is 0.497 e. The maximum atomic E-state index is 13.2. The molecular weight excluding hydrogens is 495 g/mol. The van der Waals surface area contributed by atoms with E-state index in [4.69, 9.17) is 8.92 Å². The first-order valence-electron chi connectivity index (χ1n) is 11.0. The van der Waals surface area contributed by atoms with E-state index in [0.29, 0.717) is 29.5 Å². The Kier molecular flexibility index (Phi) is 8.29. The molecule has 0 N–H and O–H groups in total. The quantitative estimate of drug-likeness (QED) is 0.334. The van der Waals surface area contributed by atoms with Crippen molar-refractivity contribution in [3.05, 3.63) is 89.5 Å². The molecule has 0 heterocycles. The van der Waals surface area contributed by atoms with Gasteiger partial charge in [0.05, 0.1) is 12.7 Å². The van der Waals surface area contributed by atoms with Gasteiger partial charge in [-0.2, -0.15) is 21.6 Å². The number of methoxy groups -OCH3 is 1. The van der Waals surface area contributed by atoms with E-state index >= 15 is 0 Å². The molecule has 0 bridgehead atoms. The maximum Gasteiger partial charge on any atom is 0.416 e. The zero-order valence-electron chi connectivity index (χ0n) is 20.0. The molecule has 192 valence electrons. The Morgan fingerprint density at radius 1 is 0.944 bits per heavy atom. The molecular formula is C26H26F3NO5S. The lowest BCUT2D eigenvalue weighted by molar-refractivity contribution is -0.137. The molecule has 0 radical (unpaired) electrons. The summed E-state index contributed by atoms with van der Waals surface area (Å²) in [5.74, 6) is 0.488. The van der Waals surface area contributed by atoms with Crippen LogP contribution in [0.4, 0.5) is 13.2 Å². The molecule has 0 aliphatic rings. The average Bonchev–Trinajstić information content (AvgIpc) is 2.82. The van der Waals surface area contributed by atoms with E-state index in [1.165, 1.54) is 19.2 Å². The van der Waals surface area contributed by atoms with Crippen molar-refractivity contribution in [3.8, 4) is 11.5 Å². The monoisotopic (exact) mass is 521 g/mol. The van der Waals surface area contributed by atoms with Crippen LogP contribution < -0.4 is 8.92 Å². The fraction of sp³-hybridized carbons (Fsp3) is 0.269. The molecule has 3 rings (SSSR count). The van der Waals surface area contributed by atoms with Gasteiger partial charge in [0.25, 0.3) is 5.91 Å². The SMILES string of the molecule is COc1ccc(C(=O)N(Cc2cccc(OS(=O)(=O)c3cccc(C(F)(F)F)c3)c2)CC(C)C)cc1. The summed E-state index contributed by atoms with van der Waals surface area (Å²) < 4.78 is 74.5. The Morgan fingerprint density at radius 3 is 2.22 bits per heavy atom. The minimum Gasteiger partial charge on any atom is -0.497 e. The van der Waals surface area contributed by atoms with Gasteiger partial charge in [0.15, 0.2) is 0 Å². The van der Waals surface area contributed by atoms with Gasteiger partial charge in [-0.05, 0) is 66.1 Å².